The van der Waals surface area contributed by atoms with Crippen LogP contribution in [0.3, 0.4) is 0 Å². The molecule has 0 amide bonds. The normalized spacial score (nSPS) is 12.5. The molecule has 0 aliphatic rings. The first-order chi connectivity index (χ1) is 8.33. The lowest BCUT2D eigenvalue weighted by molar-refractivity contribution is 0.123. The lowest BCUT2D eigenvalue weighted by Gasteiger charge is -2.06. The quantitative estimate of drug-likeness (QED) is 0.681. The minimum Gasteiger partial charge on any atom is -0.375 e. The number of ether oxygens (including phenoxy) is 1. The summed E-state index contributed by atoms with van der Waals surface area (Å²) in [4.78, 5) is 0. The maximum absolute atomic E-state index is 11.1. The Morgan fingerprint density at radius 3 is 2.71 bits per heavy atom. The van der Waals surface area contributed by atoms with Crippen molar-refractivity contribution in [2.24, 2.45) is 0 Å². The van der Waals surface area contributed by atoms with E-state index in [1.807, 2.05) is 25.1 Å². The molecule has 0 aromatic heterocycles. The van der Waals surface area contributed by atoms with Crippen molar-refractivity contribution >= 4 is 10.8 Å². The Morgan fingerprint density at radius 2 is 2.00 bits per heavy atom. The Labute approximate surface area is 106 Å². The number of nitrogens with one attached hydrogen (secondary N) is 1. The van der Waals surface area contributed by atoms with E-state index in [0.29, 0.717) is 13.2 Å². The van der Waals surface area contributed by atoms with Crippen molar-refractivity contribution in [2.75, 3.05) is 31.2 Å². The molecule has 0 heterocycles. The second-order valence-electron chi connectivity index (χ2n) is 3.72. The van der Waals surface area contributed by atoms with Crippen molar-refractivity contribution in [3.05, 3.63) is 35.9 Å². The van der Waals surface area contributed by atoms with E-state index in [2.05, 4.69) is 17.4 Å². The molecular weight excluding hydrogens is 234 g/mol. The maximum atomic E-state index is 11.1. The van der Waals surface area contributed by atoms with Crippen LogP contribution in [0.2, 0.25) is 0 Å². The van der Waals surface area contributed by atoms with E-state index in [1.165, 1.54) is 5.56 Å². The predicted octanol–water partition coefficient (Wildman–Crippen LogP) is 1.56. The second-order valence-corrected chi connectivity index (χ2v) is 5.59. The van der Waals surface area contributed by atoms with Crippen molar-refractivity contribution in [1.82, 2.24) is 5.32 Å². The summed E-state index contributed by atoms with van der Waals surface area (Å²) in [5.74, 6) is 1.47. The van der Waals surface area contributed by atoms with Gasteiger partial charge in [0, 0.05) is 35.4 Å². The van der Waals surface area contributed by atoms with Gasteiger partial charge in [-0.15, -0.1) is 0 Å². The summed E-state index contributed by atoms with van der Waals surface area (Å²) in [5.41, 5.74) is 1.19. The van der Waals surface area contributed by atoms with Crippen LogP contribution in [0.5, 0.6) is 0 Å². The van der Waals surface area contributed by atoms with E-state index < -0.39 is 10.8 Å². The minimum atomic E-state index is -0.667. The predicted molar refractivity (Wildman–Crippen MR) is 72.5 cm³/mol. The second kappa shape index (κ2) is 9.33. The molecule has 0 radical (unpaired) electrons. The van der Waals surface area contributed by atoms with Gasteiger partial charge in [0.2, 0.25) is 0 Å². The first kappa shape index (κ1) is 14.4. The molecule has 4 heteroatoms. The fraction of sp³-hybridized carbons (Fsp3) is 0.538. The van der Waals surface area contributed by atoms with Gasteiger partial charge in [-0.05, 0) is 5.56 Å². The lowest BCUT2D eigenvalue weighted by atomic mass is 10.2. The van der Waals surface area contributed by atoms with Gasteiger partial charge in [0.15, 0.2) is 0 Å². The number of hydrogen-bond donors (Lipinski definition) is 1. The highest BCUT2D eigenvalue weighted by Gasteiger charge is 1.95. The van der Waals surface area contributed by atoms with E-state index in [4.69, 9.17) is 4.74 Å². The molecule has 0 saturated heterocycles. The van der Waals surface area contributed by atoms with Gasteiger partial charge in [-0.3, -0.25) is 4.21 Å². The molecular formula is C13H21NO2S. The lowest BCUT2D eigenvalue weighted by Crippen LogP contribution is -2.24. The van der Waals surface area contributed by atoms with Crippen LogP contribution >= 0.6 is 0 Å². The molecule has 0 fully saturated rings. The van der Waals surface area contributed by atoms with Gasteiger partial charge in [0.25, 0.3) is 0 Å². The molecule has 3 nitrogen and oxygen atoms in total. The van der Waals surface area contributed by atoms with Crippen LogP contribution in [0.15, 0.2) is 30.3 Å². The van der Waals surface area contributed by atoms with Gasteiger partial charge in [-0.25, -0.2) is 0 Å². The van der Waals surface area contributed by atoms with Crippen molar-refractivity contribution < 1.29 is 8.95 Å². The van der Waals surface area contributed by atoms with Crippen LogP contribution in [0.25, 0.3) is 0 Å². The molecule has 1 aromatic rings. The molecule has 1 N–H and O–H groups in total. The molecule has 0 aliphatic heterocycles. The summed E-state index contributed by atoms with van der Waals surface area (Å²) < 4.78 is 16.6. The van der Waals surface area contributed by atoms with Gasteiger partial charge in [0.1, 0.15) is 0 Å². The molecule has 17 heavy (non-hydrogen) atoms. The third kappa shape index (κ3) is 7.26. The van der Waals surface area contributed by atoms with Gasteiger partial charge >= 0.3 is 0 Å². The molecule has 0 bridgehead atoms. The largest absolute Gasteiger partial charge is 0.375 e. The third-order valence-corrected chi connectivity index (χ3v) is 3.67. The van der Waals surface area contributed by atoms with Gasteiger partial charge < -0.3 is 10.1 Å². The van der Waals surface area contributed by atoms with Crippen LogP contribution in [0.1, 0.15) is 12.5 Å². The number of hydrogen-bond acceptors (Lipinski definition) is 3. The average molecular weight is 255 g/mol. The summed E-state index contributed by atoms with van der Waals surface area (Å²) in [5, 5.41) is 3.22. The van der Waals surface area contributed by atoms with Gasteiger partial charge in [-0.2, -0.15) is 0 Å². The van der Waals surface area contributed by atoms with E-state index in [-0.39, 0.29) is 0 Å². The van der Waals surface area contributed by atoms with Crippen LogP contribution in [-0.4, -0.2) is 35.4 Å². The minimum absolute atomic E-state index is 0.656. The van der Waals surface area contributed by atoms with Crippen LogP contribution in [0, 0.1) is 0 Å². The third-order valence-electron chi connectivity index (χ3n) is 2.36. The first-order valence-corrected chi connectivity index (χ1v) is 7.49. The Hall–Kier alpha value is -0.710. The first-order valence-electron chi connectivity index (χ1n) is 6.00. The summed E-state index contributed by atoms with van der Waals surface area (Å²) in [7, 11) is -0.667. The summed E-state index contributed by atoms with van der Waals surface area (Å²) >= 11 is 0. The Kier molecular flexibility index (Phi) is 7.88. The molecule has 0 saturated carbocycles. The van der Waals surface area contributed by atoms with Crippen molar-refractivity contribution in [3.63, 3.8) is 0 Å². The van der Waals surface area contributed by atoms with Crippen molar-refractivity contribution in [1.29, 1.82) is 0 Å². The van der Waals surface area contributed by atoms with Crippen LogP contribution in [-0.2, 0) is 22.1 Å². The highest BCUT2D eigenvalue weighted by atomic mass is 32.2. The number of benzene rings is 1. The Morgan fingerprint density at radius 1 is 1.24 bits per heavy atom. The molecule has 1 aromatic carbocycles. The molecule has 1 unspecified atom stereocenters. The average Bonchev–Trinajstić information content (AvgIpc) is 2.38. The summed E-state index contributed by atoms with van der Waals surface area (Å²) in [6, 6.07) is 10.1. The molecule has 96 valence electrons. The molecule has 0 spiro atoms. The van der Waals surface area contributed by atoms with E-state index >= 15 is 0 Å². The molecule has 0 aliphatic carbocycles. The topological polar surface area (TPSA) is 38.3 Å². The summed E-state index contributed by atoms with van der Waals surface area (Å²) in [6.45, 7) is 4.90. The van der Waals surface area contributed by atoms with Crippen LogP contribution in [0.4, 0.5) is 0 Å². The highest BCUT2D eigenvalue weighted by Crippen LogP contribution is 1.99. The number of rotatable bonds is 9. The fourth-order valence-electron chi connectivity index (χ4n) is 1.36. The monoisotopic (exact) mass is 255 g/mol. The van der Waals surface area contributed by atoms with Gasteiger partial charge in [0.05, 0.1) is 13.2 Å². The summed E-state index contributed by atoms with van der Waals surface area (Å²) in [6.07, 6.45) is 0. The fourth-order valence-corrected chi connectivity index (χ4v) is 2.02. The standard InChI is InChI=1S/C13H21NO2S/c1-2-17(15)11-9-14-8-10-16-12-13-6-4-3-5-7-13/h3-7,14H,2,8-12H2,1H3. The zero-order valence-electron chi connectivity index (χ0n) is 10.4. The zero-order valence-corrected chi connectivity index (χ0v) is 11.2. The van der Waals surface area contributed by atoms with Crippen molar-refractivity contribution in [3.8, 4) is 0 Å². The van der Waals surface area contributed by atoms with Crippen LogP contribution < -0.4 is 5.32 Å². The zero-order chi connectivity index (χ0) is 12.3. The van der Waals surface area contributed by atoms with Gasteiger partial charge in [-0.1, -0.05) is 37.3 Å². The SMILES string of the molecule is CCS(=O)CCNCCOCc1ccccc1. The molecule has 1 atom stereocenters. The Balaban J connectivity index is 1.93. The maximum Gasteiger partial charge on any atom is 0.0717 e. The smallest absolute Gasteiger partial charge is 0.0717 e. The van der Waals surface area contributed by atoms with Crippen molar-refractivity contribution in [2.45, 2.75) is 13.5 Å². The Bertz CT molecular complexity index is 316. The van der Waals surface area contributed by atoms with E-state index in [0.717, 1.165) is 24.6 Å². The molecule has 1 rings (SSSR count). The highest BCUT2D eigenvalue weighted by molar-refractivity contribution is 7.84. The van der Waals surface area contributed by atoms with E-state index in [1.54, 1.807) is 0 Å². The van der Waals surface area contributed by atoms with E-state index in [9.17, 15) is 4.21 Å².